The molecule has 0 fully saturated rings. The molecule has 0 spiro atoms. The van der Waals surface area contributed by atoms with Gasteiger partial charge in [-0.25, -0.2) is 4.98 Å². The average molecular weight is 240 g/mol. The van der Waals surface area contributed by atoms with Crippen LogP contribution in [-0.4, -0.2) is 18.1 Å². The smallest absolute Gasteiger partial charge is 0.0897 e. The minimum atomic E-state index is 0.724. The number of hydrogen-bond acceptors (Lipinski definition) is 3. The van der Waals surface area contributed by atoms with E-state index < -0.39 is 0 Å². The SMILES string of the molecule is CCNCC(Cc1csc(C)n1)CC(C)C. The van der Waals surface area contributed by atoms with Gasteiger partial charge in [0, 0.05) is 5.38 Å². The van der Waals surface area contributed by atoms with Gasteiger partial charge in [-0.1, -0.05) is 20.8 Å². The largest absolute Gasteiger partial charge is 0.317 e. The third-order valence-corrected chi connectivity index (χ3v) is 3.47. The quantitative estimate of drug-likeness (QED) is 0.791. The Kier molecular flexibility index (Phi) is 5.99. The minimum Gasteiger partial charge on any atom is -0.317 e. The molecular formula is C13H24N2S. The van der Waals surface area contributed by atoms with Crippen LogP contribution in [-0.2, 0) is 6.42 Å². The Morgan fingerprint density at radius 3 is 2.69 bits per heavy atom. The molecular weight excluding hydrogens is 216 g/mol. The van der Waals surface area contributed by atoms with Crippen LogP contribution in [0.25, 0.3) is 0 Å². The van der Waals surface area contributed by atoms with Crippen LogP contribution in [0.5, 0.6) is 0 Å². The summed E-state index contributed by atoms with van der Waals surface area (Å²) in [6, 6.07) is 0. The lowest BCUT2D eigenvalue weighted by molar-refractivity contribution is 0.386. The van der Waals surface area contributed by atoms with Gasteiger partial charge in [-0.05, 0) is 44.7 Å². The lowest BCUT2D eigenvalue weighted by Gasteiger charge is -2.18. The monoisotopic (exact) mass is 240 g/mol. The number of nitrogens with one attached hydrogen (secondary N) is 1. The van der Waals surface area contributed by atoms with Gasteiger partial charge in [-0.3, -0.25) is 0 Å². The third kappa shape index (κ3) is 5.08. The number of hydrogen-bond donors (Lipinski definition) is 1. The summed E-state index contributed by atoms with van der Waals surface area (Å²) in [7, 11) is 0. The highest BCUT2D eigenvalue weighted by Crippen LogP contribution is 2.18. The van der Waals surface area contributed by atoms with Crippen LogP contribution in [0.4, 0.5) is 0 Å². The summed E-state index contributed by atoms with van der Waals surface area (Å²) in [5.74, 6) is 1.49. The summed E-state index contributed by atoms with van der Waals surface area (Å²) >= 11 is 1.76. The van der Waals surface area contributed by atoms with Gasteiger partial charge < -0.3 is 5.32 Å². The molecule has 1 atom stereocenters. The molecule has 3 heteroatoms. The van der Waals surface area contributed by atoms with E-state index in [0.29, 0.717) is 0 Å². The van der Waals surface area contributed by atoms with Gasteiger partial charge in [0.05, 0.1) is 10.7 Å². The summed E-state index contributed by atoms with van der Waals surface area (Å²) in [6.07, 6.45) is 2.40. The van der Waals surface area contributed by atoms with Crippen LogP contribution < -0.4 is 5.32 Å². The van der Waals surface area contributed by atoms with E-state index >= 15 is 0 Å². The van der Waals surface area contributed by atoms with Crippen LogP contribution in [0.2, 0.25) is 0 Å². The maximum absolute atomic E-state index is 4.56. The zero-order valence-corrected chi connectivity index (χ0v) is 11.7. The Bertz CT molecular complexity index is 294. The molecule has 1 aromatic rings. The minimum absolute atomic E-state index is 0.724. The van der Waals surface area contributed by atoms with Crippen LogP contribution >= 0.6 is 11.3 Å². The molecule has 0 aliphatic rings. The second-order valence-electron chi connectivity index (χ2n) is 4.87. The molecule has 0 saturated heterocycles. The first-order valence-electron chi connectivity index (χ1n) is 6.23. The average Bonchev–Trinajstić information content (AvgIpc) is 2.59. The van der Waals surface area contributed by atoms with Crippen molar-refractivity contribution < 1.29 is 0 Å². The van der Waals surface area contributed by atoms with E-state index in [2.05, 4.69) is 43.4 Å². The van der Waals surface area contributed by atoms with Gasteiger partial charge in [-0.15, -0.1) is 11.3 Å². The van der Waals surface area contributed by atoms with Crippen LogP contribution in [0.15, 0.2) is 5.38 Å². The molecule has 0 bridgehead atoms. The fourth-order valence-electron chi connectivity index (χ4n) is 2.05. The van der Waals surface area contributed by atoms with Crippen LogP contribution in [0.3, 0.4) is 0 Å². The van der Waals surface area contributed by atoms with E-state index in [9.17, 15) is 0 Å². The lowest BCUT2D eigenvalue weighted by Crippen LogP contribution is -2.25. The zero-order chi connectivity index (χ0) is 12.0. The molecule has 0 radical (unpaired) electrons. The van der Waals surface area contributed by atoms with Crippen molar-refractivity contribution in [3.8, 4) is 0 Å². The van der Waals surface area contributed by atoms with Crippen molar-refractivity contribution in [2.24, 2.45) is 11.8 Å². The molecule has 0 saturated carbocycles. The molecule has 16 heavy (non-hydrogen) atoms. The van der Waals surface area contributed by atoms with E-state index in [4.69, 9.17) is 0 Å². The number of nitrogens with zero attached hydrogens (tertiary/aromatic N) is 1. The van der Waals surface area contributed by atoms with Crippen molar-refractivity contribution in [3.05, 3.63) is 16.1 Å². The van der Waals surface area contributed by atoms with E-state index in [-0.39, 0.29) is 0 Å². The predicted octanol–water partition coefficient (Wildman–Crippen LogP) is 3.27. The van der Waals surface area contributed by atoms with Crippen molar-refractivity contribution in [1.82, 2.24) is 10.3 Å². The third-order valence-electron chi connectivity index (χ3n) is 2.65. The summed E-state index contributed by atoms with van der Waals surface area (Å²) in [6.45, 7) is 11.0. The van der Waals surface area contributed by atoms with Crippen LogP contribution in [0.1, 0.15) is 37.9 Å². The molecule has 1 rings (SSSR count). The Hall–Kier alpha value is -0.410. The summed E-state index contributed by atoms with van der Waals surface area (Å²) < 4.78 is 0. The first-order valence-corrected chi connectivity index (χ1v) is 7.11. The van der Waals surface area contributed by atoms with E-state index in [1.165, 1.54) is 17.1 Å². The highest BCUT2D eigenvalue weighted by Gasteiger charge is 2.12. The van der Waals surface area contributed by atoms with Crippen molar-refractivity contribution >= 4 is 11.3 Å². The first kappa shape index (κ1) is 13.7. The Morgan fingerprint density at radius 2 is 2.19 bits per heavy atom. The van der Waals surface area contributed by atoms with E-state index in [0.717, 1.165) is 31.3 Å². The highest BCUT2D eigenvalue weighted by atomic mass is 32.1. The summed E-state index contributed by atoms with van der Waals surface area (Å²) in [5.41, 5.74) is 1.27. The molecule has 0 aliphatic carbocycles. The Balaban J connectivity index is 2.48. The molecule has 1 aromatic heterocycles. The topological polar surface area (TPSA) is 24.9 Å². The molecule has 92 valence electrons. The van der Waals surface area contributed by atoms with E-state index in [1.807, 2.05) is 0 Å². The first-order chi connectivity index (χ1) is 7.61. The predicted molar refractivity (Wildman–Crippen MR) is 72.0 cm³/mol. The maximum atomic E-state index is 4.56. The zero-order valence-electron chi connectivity index (χ0n) is 10.9. The maximum Gasteiger partial charge on any atom is 0.0897 e. The molecule has 1 unspecified atom stereocenters. The number of rotatable bonds is 7. The summed E-state index contributed by atoms with van der Waals surface area (Å²) in [5, 5.41) is 6.84. The Morgan fingerprint density at radius 1 is 1.44 bits per heavy atom. The van der Waals surface area contributed by atoms with Gasteiger partial charge in [0.25, 0.3) is 0 Å². The van der Waals surface area contributed by atoms with Gasteiger partial charge >= 0.3 is 0 Å². The van der Waals surface area contributed by atoms with Crippen molar-refractivity contribution in [2.45, 2.75) is 40.5 Å². The standard InChI is InChI=1S/C13H24N2S/c1-5-14-8-12(6-10(2)3)7-13-9-16-11(4)15-13/h9-10,12,14H,5-8H2,1-4H3. The number of aromatic nitrogens is 1. The van der Waals surface area contributed by atoms with Gasteiger partial charge in [0.15, 0.2) is 0 Å². The fourth-order valence-corrected chi connectivity index (χ4v) is 2.68. The van der Waals surface area contributed by atoms with Crippen LogP contribution in [0, 0.1) is 18.8 Å². The number of aryl methyl sites for hydroxylation is 1. The van der Waals surface area contributed by atoms with Gasteiger partial charge in [-0.2, -0.15) is 0 Å². The normalized spacial score (nSPS) is 13.3. The van der Waals surface area contributed by atoms with E-state index in [1.54, 1.807) is 11.3 Å². The van der Waals surface area contributed by atoms with Crippen molar-refractivity contribution in [1.29, 1.82) is 0 Å². The molecule has 0 amide bonds. The second-order valence-corrected chi connectivity index (χ2v) is 5.93. The van der Waals surface area contributed by atoms with Gasteiger partial charge in [0.2, 0.25) is 0 Å². The molecule has 0 aromatic carbocycles. The number of thiazole rings is 1. The lowest BCUT2D eigenvalue weighted by atomic mass is 9.93. The molecule has 2 nitrogen and oxygen atoms in total. The van der Waals surface area contributed by atoms with Crippen molar-refractivity contribution in [3.63, 3.8) is 0 Å². The molecule has 0 aliphatic heterocycles. The van der Waals surface area contributed by atoms with Crippen molar-refractivity contribution in [2.75, 3.05) is 13.1 Å². The van der Waals surface area contributed by atoms with Gasteiger partial charge in [0.1, 0.15) is 0 Å². The second kappa shape index (κ2) is 7.02. The fraction of sp³-hybridized carbons (Fsp3) is 0.769. The molecule has 1 heterocycles. The highest BCUT2D eigenvalue weighted by molar-refractivity contribution is 7.09. The Labute approximate surface area is 103 Å². The molecule has 1 N–H and O–H groups in total. The summed E-state index contributed by atoms with van der Waals surface area (Å²) in [4.78, 5) is 4.56.